The predicted octanol–water partition coefficient (Wildman–Crippen LogP) is 6.13. The van der Waals surface area contributed by atoms with Crippen LogP contribution < -0.4 is 0 Å². The summed E-state index contributed by atoms with van der Waals surface area (Å²) in [6, 6.07) is 11.5. The van der Waals surface area contributed by atoms with E-state index in [2.05, 4.69) is 0 Å². The summed E-state index contributed by atoms with van der Waals surface area (Å²) >= 11 is 12.9. The zero-order chi connectivity index (χ0) is 18.1. The molecule has 2 aliphatic rings. The summed E-state index contributed by atoms with van der Waals surface area (Å²) in [7, 11) is 0. The van der Waals surface area contributed by atoms with Crippen LogP contribution in [0.4, 0.5) is 0 Å². The molecule has 1 amide bonds. The number of amides is 1. The molecule has 0 radical (unpaired) electrons. The molecule has 0 bridgehead atoms. The molecule has 6 heteroatoms. The van der Waals surface area contributed by atoms with E-state index in [0.29, 0.717) is 20.0 Å². The van der Waals surface area contributed by atoms with Gasteiger partial charge in [0.2, 0.25) is 0 Å². The lowest BCUT2D eigenvalue weighted by Crippen LogP contribution is -2.39. The fourth-order valence-electron chi connectivity index (χ4n) is 3.49. The van der Waals surface area contributed by atoms with E-state index in [4.69, 9.17) is 28.2 Å². The van der Waals surface area contributed by atoms with Crippen LogP contribution in [0.1, 0.15) is 37.9 Å². The molecule has 0 N–H and O–H groups in total. The molecule has 134 valence electrons. The summed E-state index contributed by atoms with van der Waals surface area (Å²) in [5.41, 5.74) is 0.909. The molecule has 4 rings (SSSR count). The minimum absolute atomic E-state index is 0.00704. The maximum atomic E-state index is 12.8. The lowest BCUT2D eigenvalue weighted by molar-refractivity contribution is -0.124. The van der Waals surface area contributed by atoms with Crippen molar-refractivity contribution in [3.8, 4) is 11.3 Å². The van der Waals surface area contributed by atoms with Gasteiger partial charge in [-0.25, -0.2) is 0 Å². The molecule has 1 saturated heterocycles. The van der Waals surface area contributed by atoms with Gasteiger partial charge in [0.1, 0.15) is 15.8 Å². The zero-order valence-corrected chi connectivity index (χ0v) is 16.5. The van der Waals surface area contributed by atoms with Gasteiger partial charge in [-0.2, -0.15) is 0 Å². The van der Waals surface area contributed by atoms with Crippen LogP contribution in [-0.2, 0) is 4.79 Å². The van der Waals surface area contributed by atoms with Gasteiger partial charge in [0.05, 0.1) is 4.91 Å². The smallest absolute Gasteiger partial charge is 0.266 e. The van der Waals surface area contributed by atoms with E-state index in [-0.39, 0.29) is 11.9 Å². The molecule has 1 aliphatic carbocycles. The van der Waals surface area contributed by atoms with E-state index in [1.165, 1.54) is 31.0 Å². The molecule has 2 fully saturated rings. The average Bonchev–Trinajstić information content (AvgIpc) is 3.21. The van der Waals surface area contributed by atoms with Crippen LogP contribution >= 0.6 is 35.6 Å². The second-order valence-corrected chi connectivity index (χ2v) is 8.67. The van der Waals surface area contributed by atoms with Gasteiger partial charge in [-0.15, -0.1) is 0 Å². The van der Waals surface area contributed by atoms with Gasteiger partial charge in [0.15, 0.2) is 0 Å². The summed E-state index contributed by atoms with van der Waals surface area (Å²) < 4.78 is 6.55. The first-order chi connectivity index (χ1) is 12.6. The fraction of sp³-hybridized carbons (Fsp3) is 0.300. The number of thiocarbonyl (C=S) groups is 1. The van der Waals surface area contributed by atoms with Gasteiger partial charge in [-0.05, 0) is 37.1 Å². The maximum Gasteiger partial charge on any atom is 0.266 e. The molecule has 1 aliphatic heterocycles. The zero-order valence-electron chi connectivity index (χ0n) is 14.1. The Morgan fingerprint density at radius 1 is 1.19 bits per heavy atom. The largest absolute Gasteiger partial charge is 0.457 e. The molecular weight excluding hydrogens is 386 g/mol. The summed E-state index contributed by atoms with van der Waals surface area (Å²) in [5, 5.41) is 0.661. The molecule has 2 aromatic rings. The van der Waals surface area contributed by atoms with E-state index in [1.54, 1.807) is 6.08 Å². The predicted molar refractivity (Wildman–Crippen MR) is 111 cm³/mol. The Labute approximate surface area is 167 Å². The molecule has 0 unspecified atom stereocenters. The molecule has 0 spiro atoms. The van der Waals surface area contributed by atoms with Crippen molar-refractivity contribution in [3.63, 3.8) is 0 Å². The number of carbonyl (C=O) groups excluding carboxylic acids is 1. The lowest BCUT2D eigenvalue weighted by Gasteiger charge is -2.29. The highest BCUT2D eigenvalue weighted by atomic mass is 35.5. The third-order valence-corrected chi connectivity index (χ3v) is 6.34. The van der Waals surface area contributed by atoms with E-state index in [1.807, 2.05) is 41.3 Å². The Kier molecular flexibility index (Phi) is 5.20. The first-order valence-electron chi connectivity index (χ1n) is 8.75. The number of carbonyl (C=O) groups is 1. The van der Waals surface area contributed by atoms with Crippen molar-refractivity contribution in [1.29, 1.82) is 0 Å². The van der Waals surface area contributed by atoms with E-state index >= 15 is 0 Å². The van der Waals surface area contributed by atoms with Crippen molar-refractivity contribution in [2.45, 2.75) is 38.1 Å². The number of furan rings is 1. The molecule has 1 aromatic heterocycles. The van der Waals surface area contributed by atoms with Gasteiger partial charge >= 0.3 is 0 Å². The molecule has 0 atom stereocenters. The number of thioether (sulfide) groups is 1. The van der Waals surface area contributed by atoms with Crippen molar-refractivity contribution in [2.24, 2.45) is 0 Å². The Bertz CT molecular complexity index is 883. The van der Waals surface area contributed by atoms with Gasteiger partial charge in [-0.3, -0.25) is 9.69 Å². The number of hydrogen-bond donors (Lipinski definition) is 0. The Morgan fingerprint density at radius 2 is 2.00 bits per heavy atom. The Hall–Kier alpha value is -1.56. The highest BCUT2D eigenvalue weighted by Gasteiger charge is 2.37. The van der Waals surface area contributed by atoms with Gasteiger partial charge in [0, 0.05) is 22.7 Å². The van der Waals surface area contributed by atoms with E-state index in [9.17, 15) is 4.79 Å². The molecule has 26 heavy (non-hydrogen) atoms. The van der Waals surface area contributed by atoms with Crippen molar-refractivity contribution in [3.05, 3.63) is 52.1 Å². The number of benzene rings is 1. The summed E-state index contributed by atoms with van der Waals surface area (Å²) in [4.78, 5) is 15.3. The first kappa shape index (κ1) is 17.8. The van der Waals surface area contributed by atoms with Gasteiger partial charge in [0.25, 0.3) is 5.91 Å². The number of nitrogens with zero attached hydrogens (tertiary/aromatic N) is 1. The maximum absolute atomic E-state index is 12.8. The minimum Gasteiger partial charge on any atom is -0.457 e. The molecule has 2 heterocycles. The monoisotopic (exact) mass is 403 g/mol. The molecular formula is C20H18ClNO2S2. The van der Waals surface area contributed by atoms with Gasteiger partial charge < -0.3 is 4.42 Å². The Balaban J connectivity index is 1.55. The number of rotatable bonds is 3. The van der Waals surface area contributed by atoms with E-state index < -0.39 is 0 Å². The van der Waals surface area contributed by atoms with Gasteiger partial charge in [-0.1, -0.05) is 67.0 Å². The molecule has 3 nitrogen and oxygen atoms in total. The van der Waals surface area contributed by atoms with Crippen molar-refractivity contribution in [2.75, 3.05) is 0 Å². The molecule has 1 aromatic carbocycles. The third kappa shape index (κ3) is 3.61. The van der Waals surface area contributed by atoms with Crippen LogP contribution in [0.5, 0.6) is 0 Å². The van der Waals surface area contributed by atoms with Crippen molar-refractivity contribution >= 4 is 51.9 Å². The number of halogens is 1. The van der Waals surface area contributed by atoms with Crippen LogP contribution in [0.3, 0.4) is 0 Å². The lowest BCUT2D eigenvalue weighted by atomic mass is 9.94. The average molecular weight is 404 g/mol. The fourth-order valence-corrected chi connectivity index (χ4v) is 5.06. The van der Waals surface area contributed by atoms with Crippen LogP contribution in [0.15, 0.2) is 45.7 Å². The topological polar surface area (TPSA) is 33.5 Å². The normalized spacial score (nSPS) is 20.3. The SMILES string of the molecule is O=C1/C(=C\c2ccc(-c3cccc(Cl)c3)o2)SC(=S)N1C1CCCCC1. The summed E-state index contributed by atoms with van der Waals surface area (Å²) in [5.74, 6) is 1.37. The van der Waals surface area contributed by atoms with Crippen molar-refractivity contribution in [1.82, 2.24) is 4.90 Å². The number of hydrogen-bond acceptors (Lipinski definition) is 4. The van der Waals surface area contributed by atoms with E-state index in [0.717, 1.165) is 24.2 Å². The Morgan fingerprint density at radius 3 is 2.77 bits per heavy atom. The van der Waals surface area contributed by atoms with Crippen LogP contribution in [0, 0.1) is 0 Å². The second kappa shape index (κ2) is 7.59. The van der Waals surface area contributed by atoms with Crippen LogP contribution in [-0.4, -0.2) is 21.2 Å². The summed E-state index contributed by atoms with van der Waals surface area (Å²) in [6.07, 6.45) is 7.46. The first-order valence-corrected chi connectivity index (χ1v) is 10.3. The highest BCUT2D eigenvalue weighted by Crippen LogP contribution is 2.37. The van der Waals surface area contributed by atoms with Crippen molar-refractivity contribution < 1.29 is 9.21 Å². The summed E-state index contributed by atoms with van der Waals surface area (Å²) in [6.45, 7) is 0. The van der Waals surface area contributed by atoms with Crippen LogP contribution in [0.2, 0.25) is 5.02 Å². The minimum atomic E-state index is 0.00704. The second-order valence-electron chi connectivity index (χ2n) is 6.56. The van der Waals surface area contributed by atoms with Crippen LogP contribution in [0.25, 0.3) is 17.4 Å². The molecule has 1 saturated carbocycles. The quantitative estimate of drug-likeness (QED) is 0.455. The standard InChI is InChI=1S/C20H18ClNO2S2/c21-14-6-4-5-13(11-14)17-10-9-16(24-17)12-18-19(23)22(20(25)26-18)15-7-2-1-3-8-15/h4-6,9-12,15H,1-3,7-8H2/b18-12+. The highest BCUT2D eigenvalue weighted by molar-refractivity contribution is 8.26. The third-order valence-electron chi connectivity index (χ3n) is 4.77.